The summed E-state index contributed by atoms with van der Waals surface area (Å²) in [5.74, 6) is -1.36. The monoisotopic (exact) mass is 617 g/mol. The van der Waals surface area contributed by atoms with Gasteiger partial charge in [0, 0.05) is 24.2 Å². The molecule has 4 aromatic rings. The van der Waals surface area contributed by atoms with E-state index in [2.05, 4.69) is 15.0 Å². The number of fused-ring (bicyclic) bond motifs is 1. The number of hydrogen-bond acceptors (Lipinski definition) is 9. The minimum Gasteiger partial charge on any atom is -0.502 e. The van der Waals surface area contributed by atoms with Gasteiger partial charge in [-0.3, -0.25) is 9.78 Å². The molecule has 0 atom stereocenters. The van der Waals surface area contributed by atoms with Crippen LogP contribution in [0.4, 0.5) is 5.69 Å². The lowest BCUT2D eigenvalue weighted by Gasteiger charge is -2.12. The number of carbonyl (C=O) groups is 2. The summed E-state index contributed by atoms with van der Waals surface area (Å²) in [6.45, 7) is 14.8. The lowest BCUT2D eigenvalue weighted by molar-refractivity contribution is -0.143. The topological polar surface area (TPSA) is 157 Å². The van der Waals surface area contributed by atoms with Crippen molar-refractivity contribution in [2.24, 2.45) is 10.9 Å². The van der Waals surface area contributed by atoms with Crippen LogP contribution in [0, 0.1) is 13.5 Å². The van der Waals surface area contributed by atoms with Crippen molar-refractivity contribution < 1.29 is 32.3 Å². The van der Waals surface area contributed by atoms with E-state index in [1.807, 2.05) is 20.8 Å². The molecule has 0 aliphatic rings. The zero-order valence-electron chi connectivity index (χ0n) is 24.6. The number of amidine groups is 1. The van der Waals surface area contributed by atoms with Crippen LogP contribution in [0.15, 0.2) is 71.0 Å². The van der Waals surface area contributed by atoms with Gasteiger partial charge in [-0.25, -0.2) is 22.0 Å². The van der Waals surface area contributed by atoms with E-state index in [9.17, 15) is 18.0 Å². The summed E-state index contributed by atoms with van der Waals surface area (Å²) in [7, 11) is -4.12. The van der Waals surface area contributed by atoms with Crippen LogP contribution >= 0.6 is 0 Å². The molecule has 0 aliphatic heterocycles. The summed E-state index contributed by atoms with van der Waals surface area (Å²) in [6, 6.07) is 12.1. The summed E-state index contributed by atoms with van der Waals surface area (Å²) >= 11 is 0. The maximum atomic E-state index is 13.7. The maximum absolute atomic E-state index is 13.7. The fraction of sp³-hybridized carbons (Fsp3) is 0.258. The first kappa shape index (κ1) is 31.7. The van der Waals surface area contributed by atoms with Crippen molar-refractivity contribution in [3.63, 3.8) is 0 Å². The third kappa shape index (κ3) is 6.87. The summed E-state index contributed by atoms with van der Waals surface area (Å²) in [5.41, 5.74) is 7.86. The first-order valence-electron chi connectivity index (χ1n) is 13.7. The molecule has 0 aliphatic carbocycles. The predicted octanol–water partition coefficient (Wildman–Crippen LogP) is 4.89. The highest BCUT2D eigenvalue weighted by atomic mass is 32.2. The zero-order valence-corrected chi connectivity index (χ0v) is 25.4. The van der Waals surface area contributed by atoms with Crippen molar-refractivity contribution in [2.75, 3.05) is 6.61 Å². The molecule has 0 radical (unpaired) electrons. The molecule has 0 saturated carbocycles. The van der Waals surface area contributed by atoms with Gasteiger partial charge in [-0.2, -0.15) is 0 Å². The highest BCUT2D eigenvalue weighted by Gasteiger charge is 2.24. The van der Waals surface area contributed by atoms with Gasteiger partial charge in [0.05, 0.1) is 35.3 Å². The number of hydrogen-bond donors (Lipinski definition) is 1. The summed E-state index contributed by atoms with van der Waals surface area (Å²) in [6.07, 6.45) is 2.93. The van der Waals surface area contributed by atoms with E-state index >= 15 is 0 Å². The molecule has 4 rings (SSSR count). The first-order chi connectivity index (χ1) is 21.0. The molecule has 13 heteroatoms. The second-order valence-electron chi connectivity index (χ2n) is 9.95. The van der Waals surface area contributed by atoms with Gasteiger partial charge in [0.25, 0.3) is 10.0 Å². The molecule has 0 bridgehead atoms. The quantitative estimate of drug-likeness (QED) is 0.0618. The van der Waals surface area contributed by atoms with Gasteiger partial charge in [-0.15, -0.1) is 0 Å². The number of benzene rings is 2. The molecule has 12 nitrogen and oxygen atoms in total. The van der Waals surface area contributed by atoms with E-state index in [1.54, 1.807) is 25.1 Å². The third-order valence-electron chi connectivity index (χ3n) is 6.40. The van der Waals surface area contributed by atoms with Gasteiger partial charge in [0.15, 0.2) is 5.84 Å². The van der Waals surface area contributed by atoms with Gasteiger partial charge in [0.2, 0.25) is 5.69 Å². The van der Waals surface area contributed by atoms with E-state index < -0.39 is 22.0 Å². The van der Waals surface area contributed by atoms with Crippen LogP contribution in [0.2, 0.25) is 0 Å². The Hall–Kier alpha value is -5.22. The molecular formula is C31H31N5O7S. The second-order valence-corrected chi connectivity index (χ2v) is 11.8. The SMILES string of the molecule is [C-]#[N+]c1cc(C(=O)O/N=C(\N)c2ncc(CCC(=O)OCC)c3ccn(S(=O)(=O)c4ccc(C)cc4)c23)ccc1OC(C)C. The summed E-state index contributed by atoms with van der Waals surface area (Å²) < 4.78 is 39.1. The number of carbonyl (C=O) groups excluding carboxylic acids is 2. The molecule has 0 unspecified atom stereocenters. The van der Waals surface area contributed by atoms with Gasteiger partial charge < -0.3 is 20.0 Å². The Morgan fingerprint density at radius 1 is 1.14 bits per heavy atom. The van der Waals surface area contributed by atoms with Crippen LogP contribution in [-0.2, 0) is 30.8 Å². The van der Waals surface area contributed by atoms with Crippen molar-refractivity contribution in [2.45, 2.75) is 51.5 Å². The summed E-state index contributed by atoms with van der Waals surface area (Å²) in [4.78, 5) is 37.7. The second kappa shape index (κ2) is 13.4. The van der Waals surface area contributed by atoms with Crippen molar-refractivity contribution in [3.05, 3.63) is 94.7 Å². The van der Waals surface area contributed by atoms with Gasteiger partial charge in [-0.05, 0) is 76.1 Å². The number of nitrogens with two attached hydrogens (primary N) is 1. The van der Waals surface area contributed by atoms with E-state index in [0.29, 0.717) is 16.7 Å². The van der Waals surface area contributed by atoms with E-state index in [1.165, 1.54) is 42.7 Å². The van der Waals surface area contributed by atoms with Gasteiger partial charge >= 0.3 is 11.9 Å². The highest BCUT2D eigenvalue weighted by molar-refractivity contribution is 7.90. The number of aromatic nitrogens is 2. The average molecular weight is 618 g/mol. The molecule has 2 heterocycles. The van der Waals surface area contributed by atoms with Crippen LogP contribution in [0.25, 0.3) is 15.7 Å². The molecular weight excluding hydrogens is 586 g/mol. The van der Waals surface area contributed by atoms with Crippen LogP contribution in [0.5, 0.6) is 5.75 Å². The van der Waals surface area contributed by atoms with Crippen molar-refractivity contribution in [1.29, 1.82) is 0 Å². The van der Waals surface area contributed by atoms with Crippen molar-refractivity contribution in [3.8, 4) is 5.75 Å². The Morgan fingerprint density at radius 3 is 2.52 bits per heavy atom. The minimum absolute atomic E-state index is 0.0291. The largest absolute Gasteiger partial charge is 0.502 e. The number of nitrogens with zero attached hydrogens (tertiary/aromatic N) is 4. The molecule has 0 amide bonds. The van der Waals surface area contributed by atoms with Gasteiger partial charge in [0.1, 0.15) is 11.4 Å². The Balaban J connectivity index is 1.74. The number of ether oxygens (including phenoxy) is 2. The number of pyridine rings is 1. The normalized spacial score (nSPS) is 11.8. The standard InChI is InChI=1S/C31H31N5O7S/c1-6-41-27(37)14-10-22-18-34-28(29-24(22)15-16-36(29)44(39,40)23-11-7-20(4)8-12-23)30(32)35-43-31(38)21-9-13-26(42-19(2)3)25(17-21)33-5/h7-9,11-13,15-19H,6,10,14H2,1-4H3,(H2,32,35). The minimum atomic E-state index is -4.12. The lowest BCUT2D eigenvalue weighted by atomic mass is 10.1. The third-order valence-corrected chi connectivity index (χ3v) is 8.09. The predicted molar refractivity (Wildman–Crippen MR) is 163 cm³/mol. The van der Waals surface area contributed by atoms with E-state index in [4.69, 9.17) is 26.6 Å². The first-order valence-corrected chi connectivity index (χ1v) is 15.1. The number of oxime groups is 1. The molecule has 0 spiro atoms. The maximum Gasteiger partial charge on any atom is 0.364 e. The van der Waals surface area contributed by atoms with E-state index in [0.717, 1.165) is 9.54 Å². The number of esters is 1. The molecule has 2 aromatic heterocycles. The fourth-order valence-electron chi connectivity index (χ4n) is 4.33. The molecule has 44 heavy (non-hydrogen) atoms. The van der Waals surface area contributed by atoms with Crippen LogP contribution in [0.3, 0.4) is 0 Å². The lowest BCUT2D eigenvalue weighted by Crippen LogP contribution is -2.21. The smallest absolute Gasteiger partial charge is 0.364 e. The Bertz CT molecular complexity index is 1890. The van der Waals surface area contributed by atoms with Crippen molar-refractivity contribution >= 4 is 44.4 Å². The molecule has 2 N–H and O–H groups in total. The van der Waals surface area contributed by atoms with Crippen molar-refractivity contribution in [1.82, 2.24) is 8.96 Å². The zero-order chi connectivity index (χ0) is 32.0. The number of aryl methyl sites for hydroxylation is 2. The fourth-order valence-corrected chi connectivity index (χ4v) is 5.68. The Labute approximate surface area is 254 Å². The molecule has 0 saturated heterocycles. The van der Waals surface area contributed by atoms with Crippen LogP contribution in [-0.4, -0.2) is 47.9 Å². The van der Waals surface area contributed by atoms with Gasteiger partial charge in [-0.1, -0.05) is 22.9 Å². The van der Waals surface area contributed by atoms with Crippen LogP contribution in [0.1, 0.15) is 54.4 Å². The average Bonchev–Trinajstić information content (AvgIpc) is 3.45. The Morgan fingerprint density at radius 2 is 1.86 bits per heavy atom. The molecule has 228 valence electrons. The number of rotatable bonds is 11. The summed E-state index contributed by atoms with van der Waals surface area (Å²) in [5, 5.41) is 4.21. The van der Waals surface area contributed by atoms with E-state index in [-0.39, 0.29) is 58.7 Å². The highest BCUT2D eigenvalue weighted by Crippen LogP contribution is 2.31. The Kier molecular flexibility index (Phi) is 9.65. The molecule has 0 fully saturated rings. The van der Waals surface area contributed by atoms with Crippen LogP contribution < -0.4 is 10.5 Å². The molecule has 2 aromatic carbocycles.